The van der Waals surface area contributed by atoms with Gasteiger partial charge in [0.05, 0.1) is 5.69 Å². The van der Waals surface area contributed by atoms with E-state index in [2.05, 4.69) is 10.4 Å². The van der Waals surface area contributed by atoms with Gasteiger partial charge < -0.3 is 11.2 Å². The molecular weight excluding hydrogens is 214 g/mol. The van der Waals surface area contributed by atoms with Gasteiger partial charge in [0.25, 0.3) is 0 Å². The number of benzene rings is 1. The maximum atomic E-state index is 5.89. The van der Waals surface area contributed by atoms with Crippen molar-refractivity contribution >= 4 is 23.6 Å². The minimum absolute atomic E-state index is 0.669. The maximum Gasteiger partial charge on any atom is 0.129 e. The molecular formula is C9H14ClN5. The van der Waals surface area contributed by atoms with Crippen LogP contribution in [0.25, 0.3) is 0 Å². The summed E-state index contributed by atoms with van der Waals surface area (Å²) in [7, 11) is 1.85. The summed E-state index contributed by atoms with van der Waals surface area (Å²) in [5.41, 5.74) is 1.79. The van der Waals surface area contributed by atoms with Gasteiger partial charge in [0, 0.05) is 11.6 Å². The lowest BCUT2D eigenvalue weighted by atomic mass is 10.1. The summed E-state index contributed by atoms with van der Waals surface area (Å²) in [5, 5.41) is 8.41. The van der Waals surface area contributed by atoms with Gasteiger partial charge in [0.15, 0.2) is 0 Å². The van der Waals surface area contributed by atoms with Crippen molar-refractivity contribution in [3.8, 4) is 0 Å². The molecule has 0 aliphatic heterocycles. The fourth-order valence-corrected chi connectivity index (χ4v) is 1.47. The number of nitrogens with two attached hydrogens (primary N) is 2. The van der Waals surface area contributed by atoms with E-state index in [1.54, 1.807) is 6.07 Å². The highest BCUT2D eigenvalue weighted by Gasteiger charge is 2.06. The molecule has 0 spiro atoms. The first kappa shape index (κ1) is 11.8. The molecule has 15 heavy (non-hydrogen) atoms. The van der Waals surface area contributed by atoms with E-state index in [9.17, 15) is 0 Å². The zero-order chi connectivity index (χ0) is 11.3. The van der Waals surface area contributed by atoms with Gasteiger partial charge in [-0.3, -0.25) is 5.01 Å². The minimum Gasteiger partial charge on any atom is -0.322 e. The number of nitrogens with zero attached hydrogens (tertiary/aromatic N) is 2. The third-order valence-corrected chi connectivity index (χ3v) is 2.11. The molecule has 1 aromatic rings. The summed E-state index contributed by atoms with van der Waals surface area (Å²) in [5.74, 6) is 10.7. The molecule has 0 saturated heterocycles. The maximum absolute atomic E-state index is 5.89. The first-order valence-electron chi connectivity index (χ1n) is 4.39. The van der Waals surface area contributed by atoms with Crippen molar-refractivity contribution in [1.29, 1.82) is 0 Å². The van der Waals surface area contributed by atoms with Crippen LogP contribution < -0.4 is 22.0 Å². The number of rotatable bonds is 4. The quantitative estimate of drug-likeness (QED) is 0.305. The summed E-state index contributed by atoms with van der Waals surface area (Å²) < 4.78 is 0. The second kappa shape index (κ2) is 5.55. The van der Waals surface area contributed by atoms with Crippen LogP contribution in [0.5, 0.6) is 0 Å². The Hall–Kier alpha value is -1.30. The van der Waals surface area contributed by atoms with Gasteiger partial charge in [-0.1, -0.05) is 11.6 Å². The van der Waals surface area contributed by atoms with Gasteiger partial charge in [0.2, 0.25) is 0 Å². The number of halogens is 1. The third kappa shape index (κ3) is 3.09. The zero-order valence-electron chi connectivity index (χ0n) is 8.44. The number of hydrogen-bond acceptors (Lipinski definition) is 4. The van der Waals surface area contributed by atoms with Crippen molar-refractivity contribution in [2.24, 2.45) is 16.8 Å². The van der Waals surface area contributed by atoms with Crippen molar-refractivity contribution in [2.75, 3.05) is 12.1 Å². The summed E-state index contributed by atoms with van der Waals surface area (Å²) in [6.07, 6.45) is 1.34. The minimum atomic E-state index is 0.669. The molecule has 0 aliphatic carbocycles. The van der Waals surface area contributed by atoms with Gasteiger partial charge in [-0.25, -0.2) is 5.84 Å². The molecule has 0 amide bonds. The molecule has 0 bridgehead atoms. The summed E-state index contributed by atoms with van der Waals surface area (Å²) in [6, 6.07) is 5.43. The van der Waals surface area contributed by atoms with E-state index in [1.165, 1.54) is 11.3 Å². The highest BCUT2D eigenvalue weighted by molar-refractivity contribution is 6.30. The molecule has 82 valence electrons. The Bertz CT molecular complexity index is 352. The predicted octanol–water partition coefficient (Wildman–Crippen LogP) is 0.642. The highest BCUT2D eigenvalue weighted by atomic mass is 35.5. The number of hydrazine groups is 1. The third-order valence-electron chi connectivity index (χ3n) is 1.88. The SMILES string of the molecule is CNCc1cc(Cl)ccc1N(N)/C=N\N. The standard InChI is InChI=1S/C9H14ClN5/c1-13-5-7-4-8(10)2-3-9(7)15(12)6-14-11/h2-4,6,13H,5,11-12H2,1H3/b14-6-. The lowest BCUT2D eigenvalue weighted by molar-refractivity contribution is 0.815. The lowest BCUT2D eigenvalue weighted by Gasteiger charge is -2.16. The van der Waals surface area contributed by atoms with E-state index in [0.717, 1.165) is 11.3 Å². The number of anilines is 1. The normalized spacial score (nSPS) is 10.9. The van der Waals surface area contributed by atoms with Crippen LogP contribution in [0.15, 0.2) is 23.3 Å². The van der Waals surface area contributed by atoms with E-state index in [0.29, 0.717) is 11.6 Å². The molecule has 0 saturated carbocycles. The fraction of sp³-hybridized carbons (Fsp3) is 0.222. The van der Waals surface area contributed by atoms with E-state index in [-0.39, 0.29) is 0 Å². The summed E-state index contributed by atoms with van der Waals surface area (Å²) in [4.78, 5) is 0. The molecule has 0 atom stereocenters. The molecule has 0 unspecified atom stereocenters. The van der Waals surface area contributed by atoms with Crippen molar-refractivity contribution in [1.82, 2.24) is 5.32 Å². The number of hydrazone groups is 1. The summed E-state index contributed by atoms with van der Waals surface area (Å²) in [6.45, 7) is 0.669. The molecule has 0 heterocycles. The van der Waals surface area contributed by atoms with Crippen LogP contribution in [-0.4, -0.2) is 13.4 Å². The van der Waals surface area contributed by atoms with Crippen LogP contribution in [0.4, 0.5) is 5.69 Å². The van der Waals surface area contributed by atoms with Crippen LogP contribution in [-0.2, 0) is 6.54 Å². The van der Waals surface area contributed by atoms with Crippen LogP contribution in [0.1, 0.15) is 5.56 Å². The monoisotopic (exact) mass is 227 g/mol. The number of hydrogen-bond donors (Lipinski definition) is 3. The Balaban J connectivity index is 3.04. The molecule has 1 rings (SSSR count). The van der Waals surface area contributed by atoms with Crippen LogP contribution in [0, 0.1) is 0 Å². The Labute approximate surface area is 93.7 Å². The van der Waals surface area contributed by atoms with E-state index < -0.39 is 0 Å². The van der Waals surface area contributed by atoms with Crippen molar-refractivity contribution in [2.45, 2.75) is 6.54 Å². The molecule has 6 heteroatoms. The van der Waals surface area contributed by atoms with Crippen molar-refractivity contribution < 1.29 is 0 Å². The van der Waals surface area contributed by atoms with E-state index in [4.69, 9.17) is 23.3 Å². The van der Waals surface area contributed by atoms with Gasteiger partial charge in [-0.15, -0.1) is 0 Å². The second-order valence-electron chi connectivity index (χ2n) is 2.98. The Kier molecular flexibility index (Phi) is 4.36. The highest BCUT2D eigenvalue weighted by Crippen LogP contribution is 2.21. The van der Waals surface area contributed by atoms with Crippen LogP contribution in [0.2, 0.25) is 5.02 Å². The molecule has 0 aliphatic rings. The van der Waals surface area contributed by atoms with Crippen LogP contribution >= 0.6 is 11.6 Å². The fourth-order valence-electron chi connectivity index (χ4n) is 1.27. The van der Waals surface area contributed by atoms with Crippen molar-refractivity contribution in [3.05, 3.63) is 28.8 Å². The Morgan fingerprint density at radius 1 is 1.60 bits per heavy atom. The van der Waals surface area contributed by atoms with Crippen molar-refractivity contribution in [3.63, 3.8) is 0 Å². The van der Waals surface area contributed by atoms with Crippen LogP contribution in [0.3, 0.4) is 0 Å². The Morgan fingerprint density at radius 2 is 2.33 bits per heavy atom. The van der Waals surface area contributed by atoms with Gasteiger partial charge >= 0.3 is 0 Å². The average molecular weight is 228 g/mol. The molecule has 5 nitrogen and oxygen atoms in total. The predicted molar refractivity (Wildman–Crippen MR) is 63.6 cm³/mol. The molecule has 5 N–H and O–H groups in total. The first-order chi connectivity index (χ1) is 7.19. The molecule has 0 radical (unpaired) electrons. The molecule has 1 aromatic carbocycles. The van der Waals surface area contributed by atoms with Gasteiger partial charge in [-0.2, -0.15) is 5.10 Å². The first-order valence-corrected chi connectivity index (χ1v) is 4.77. The molecule has 0 fully saturated rings. The largest absolute Gasteiger partial charge is 0.322 e. The lowest BCUT2D eigenvalue weighted by Crippen LogP contribution is -2.31. The van der Waals surface area contributed by atoms with Gasteiger partial charge in [0.1, 0.15) is 6.34 Å². The smallest absolute Gasteiger partial charge is 0.129 e. The van der Waals surface area contributed by atoms with E-state index >= 15 is 0 Å². The average Bonchev–Trinajstić information content (AvgIpc) is 2.18. The van der Waals surface area contributed by atoms with E-state index in [1.807, 2.05) is 19.2 Å². The zero-order valence-corrected chi connectivity index (χ0v) is 9.20. The number of nitrogens with one attached hydrogen (secondary N) is 1. The summed E-state index contributed by atoms with van der Waals surface area (Å²) >= 11 is 5.89. The molecule has 0 aromatic heterocycles. The second-order valence-corrected chi connectivity index (χ2v) is 3.41. The topological polar surface area (TPSA) is 79.7 Å². The van der Waals surface area contributed by atoms with Gasteiger partial charge in [-0.05, 0) is 30.8 Å². The Morgan fingerprint density at radius 3 is 2.93 bits per heavy atom.